The fourth-order valence-electron chi connectivity index (χ4n) is 4.83. The zero-order valence-electron chi connectivity index (χ0n) is 19.0. The Morgan fingerprint density at radius 2 is 1.79 bits per heavy atom. The van der Waals surface area contributed by atoms with Crippen molar-refractivity contribution in [1.82, 2.24) is 4.90 Å². The molecule has 0 saturated carbocycles. The lowest BCUT2D eigenvalue weighted by Gasteiger charge is -2.41. The first-order valence-corrected chi connectivity index (χ1v) is 11.9. The number of hydrogen-bond donors (Lipinski definition) is 1. The Balaban J connectivity index is 1.76. The molecule has 6 heteroatoms. The van der Waals surface area contributed by atoms with Gasteiger partial charge in [-0.05, 0) is 65.8 Å². The van der Waals surface area contributed by atoms with Crippen LogP contribution in [0, 0.1) is 0 Å². The molecule has 5 nitrogen and oxygen atoms in total. The number of carbonyl (C=O) groups is 1. The topological polar surface area (TPSA) is 64.8 Å². The van der Waals surface area contributed by atoms with Gasteiger partial charge >= 0.3 is 0 Å². The van der Waals surface area contributed by atoms with Gasteiger partial charge in [0.2, 0.25) is 5.91 Å². The second-order valence-electron chi connectivity index (χ2n) is 8.29. The molecular formula is C27H29BrN2O3. The predicted molar refractivity (Wildman–Crippen MR) is 134 cm³/mol. The molecule has 0 saturated heterocycles. The largest absolute Gasteiger partial charge is 0.493 e. The molecule has 0 fully saturated rings. The van der Waals surface area contributed by atoms with Gasteiger partial charge in [-0.1, -0.05) is 58.4 Å². The Bertz CT molecular complexity index is 1120. The lowest BCUT2D eigenvalue weighted by Crippen LogP contribution is -2.44. The normalized spacial score (nSPS) is 16.6. The maximum absolute atomic E-state index is 12.7. The van der Waals surface area contributed by atoms with E-state index in [0.717, 1.165) is 47.2 Å². The number of nitrogens with zero attached hydrogens (tertiary/aromatic N) is 1. The minimum Gasteiger partial charge on any atom is -0.493 e. The van der Waals surface area contributed by atoms with Crippen molar-refractivity contribution >= 4 is 21.8 Å². The summed E-state index contributed by atoms with van der Waals surface area (Å²) in [7, 11) is 3.31. The molecule has 0 spiro atoms. The van der Waals surface area contributed by atoms with E-state index in [9.17, 15) is 4.79 Å². The van der Waals surface area contributed by atoms with Crippen LogP contribution in [0.4, 0.5) is 0 Å². The number of aryl methyl sites for hydroxylation is 1. The monoisotopic (exact) mass is 508 g/mol. The summed E-state index contributed by atoms with van der Waals surface area (Å²) in [6.07, 6.45) is 2.52. The van der Waals surface area contributed by atoms with Crippen molar-refractivity contribution < 1.29 is 14.3 Å². The summed E-state index contributed by atoms with van der Waals surface area (Å²) in [5.74, 6) is 1.09. The summed E-state index contributed by atoms with van der Waals surface area (Å²) in [4.78, 5) is 15.0. The maximum atomic E-state index is 12.7. The molecule has 3 aromatic rings. The van der Waals surface area contributed by atoms with Crippen LogP contribution in [0.15, 0.2) is 71.2 Å². The third-order valence-corrected chi connectivity index (χ3v) is 6.85. The number of nitrogens with two attached hydrogens (primary N) is 1. The minimum atomic E-state index is -0.500. The van der Waals surface area contributed by atoms with E-state index in [2.05, 4.69) is 51.2 Å². The number of carbonyl (C=O) groups excluding carboxylic acids is 1. The number of benzene rings is 3. The third kappa shape index (κ3) is 5.07. The molecule has 33 heavy (non-hydrogen) atoms. The van der Waals surface area contributed by atoms with E-state index in [1.165, 1.54) is 11.1 Å². The van der Waals surface area contributed by atoms with Crippen molar-refractivity contribution in [2.75, 3.05) is 20.8 Å². The molecule has 1 heterocycles. The van der Waals surface area contributed by atoms with Gasteiger partial charge in [0, 0.05) is 17.1 Å². The minimum absolute atomic E-state index is 0.00486. The molecule has 3 aromatic carbocycles. The highest BCUT2D eigenvalue weighted by Gasteiger charge is 2.36. The molecule has 2 N–H and O–H groups in total. The molecule has 1 aliphatic rings. The highest BCUT2D eigenvalue weighted by Crippen LogP contribution is 2.43. The Kier molecular flexibility index (Phi) is 7.36. The van der Waals surface area contributed by atoms with Crippen molar-refractivity contribution in [1.29, 1.82) is 0 Å². The predicted octanol–water partition coefficient (Wildman–Crippen LogP) is 5.22. The van der Waals surface area contributed by atoms with Gasteiger partial charge in [0.15, 0.2) is 11.5 Å². The zero-order valence-corrected chi connectivity index (χ0v) is 20.5. The number of hydrogen-bond acceptors (Lipinski definition) is 4. The van der Waals surface area contributed by atoms with Crippen LogP contribution in [0.2, 0.25) is 0 Å². The van der Waals surface area contributed by atoms with Gasteiger partial charge in [-0.15, -0.1) is 0 Å². The summed E-state index contributed by atoms with van der Waals surface area (Å²) in [6, 6.07) is 21.8. The Hall–Kier alpha value is -2.83. The SMILES string of the molecule is COc1cc2c(cc1OC)[C@H](CCc1cccc(Br)c1)N([C@@H](C(N)=O)c1ccccc1)CC2. The number of ether oxygens (including phenoxy) is 2. The van der Waals surface area contributed by atoms with E-state index in [-0.39, 0.29) is 11.9 Å². The van der Waals surface area contributed by atoms with Gasteiger partial charge in [0.1, 0.15) is 6.04 Å². The molecule has 172 valence electrons. The number of rotatable bonds is 8. The van der Waals surface area contributed by atoms with Crippen molar-refractivity contribution in [3.63, 3.8) is 0 Å². The molecule has 1 aliphatic heterocycles. The molecule has 2 atom stereocenters. The number of fused-ring (bicyclic) bond motifs is 1. The average Bonchev–Trinajstić information content (AvgIpc) is 2.83. The van der Waals surface area contributed by atoms with Crippen LogP contribution in [-0.2, 0) is 17.6 Å². The van der Waals surface area contributed by atoms with E-state index < -0.39 is 6.04 Å². The maximum Gasteiger partial charge on any atom is 0.239 e. The lowest BCUT2D eigenvalue weighted by atomic mass is 9.86. The molecule has 1 amide bonds. The Labute approximate surface area is 203 Å². The fraction of sp³-hybridized carbons (Fsp3) is 0.296. The molecule has 4 rings (SSSR count). The smallest absolute Gasteiger partial charge is 0.239 e. The zero-order chi connectivity index (χ0) is 23.4. The summed E-state index contributed by atoms with van der Waals surface area (Å²) in [6.45, 7) is 0.730. The van der Waals surface area contributed by atoms with Crippen LogP contribution < -0.4 is 15.2 Å². The highest BCUT2D eigenvalue weighted by atomic mass is 79.9. The van der Waals surface area contributed by atoms with E-state index in [1.807, 2.05) is 36.4 Å². The summed E-state index contributed by atoms with van der Waals surface area (Å²) in [5, 5.41) is 0. The van der Waals surface area contributed by atoms with Crippen molar-refractivity contribution in [2.24, 2.45) is 5.73 Å². The van der Waals surface area contributed by atoms with Gasteiger partial charge < -0.3 is 15.2 Å². The molecule has 0 radical (unpaired) electrons. The van der Waals surface area contributed by atoms with Crippen LogP contribution >= 0.6 is 15.9 Å². The van der Waals surface area contributed by atoms with E-state index in [1.54, 1.807) is 14.2 Å². The first-order chi connectivity index (χ1) is 16.0. The van der Waals surface area contributed by atoms with E-state index in [4.69, 9.17) is 15.2 Å². The highest BCUT2D eigenvalue weighted by molar-refractivity contribution is 9.10. The van der Waals surface area contributed by atoms with Gasteiger partial charge in [-0.3, -0.25) is 9.69 Å². The van der Waals surface area contributed by atoms with Crippen LogP contribution in [0.1, 0.15) is 40.8 Å². The fourth-order valence-corrected chi connectivity index (χ4v) is 5.27. The van der Waals surface area contributed by atoms with Gasteiger partial charge in [0.05, 0.1) is 14.2 Å². The number of methoxy groups -OCH3 is 2. The van der Waals surface area contributed by atoms with Crippen molar-refractivity contribution in [2.45, 2.75) is 31.3 Å². The van der Waals surface area contributed by atoms with Crippen molar-refractivity contribution in [3.05, 3.63) is 93.5 Å². The van der Waals surface area contributed by atoms with E-state index >= 15 is 0 Å². The van der Waals surface area contributed by atoms with E-state index in [0.29, 0.717) is 5.75 Å². The summed E-state index contributed by atoms with van der Waals surface area (Å²) >= 11 is 3.57. The molecule has 0 aliphatic carbocycles. The number of amides is 1. The number of primary amides is 1. The summed E-state index contributed by atoms with van der Waals surface area (Å²) < 4.78 is 12.2. The van der Waals surface area contributed by atoms with Gasteiger partial charge in [-0.25, -0.2) is 0 Å². The third-order valence-electron chi connectivity index (χ3n) is 6.36. The van der Waals surface area contributed by atoms with Gasteiger partial charge in [0.25, 0.3) is 0 Å². The van der Waals surface area contributed by atoms with Crippen LogP contribution in [0.5, 0.6) is 11.5 Å². The lowest BCUT2D eigenvalue weighted by molar-refractivity contribution is -0.124. The molecule has 0 aromatic heterocycles. The summed E-state index contributed by atoms with van der Waals surface area (Å²) in [5.41, 5.74) is 10.5. The first-order valence-electron chi connectivity index (χ1n) is 11.1. The quantitative estimate of drug-likeness (QED) is 0.452. The molecule has 0 bridgehead atoms. The standard InChI is InChI=1S/C27H29BrN2O3/c1-32-24-16-20-13-14-30(26(27(29)31)19-8-4-3-5-9-19)23(22(20)17-25(24)33-2)12-11-18-7-6-10-21(28)15-18/h3-10,15-17,23,26H,11-14H2,1-2H3,(H2,29,31)/t23-,26+/m0/s1. The number of halogens is 1. The molecular weight excluding hydrogens is 480 g/mol. The average molecular weight is 509 g/mol. The Morgan fingerprint density at radius 1 is 1.06 bits per heavy atom. The second kappa shape index (κ2) is 10.4. The molecule has 0 unspecified atom stereocenters. The van der Waals surface area contributed by atoms with Crippen LogP contribution in [-0.4, -0.2) is 31.6 Å². The Morgan fingerprint density at radius 3 is 2.45 bits per heavy atom. The first kappa shape index (κ1) is 23.3. The van der Waals surface area contributed by atoms with Crippen LogP contribution in [0.3, 0.4) is 0 Å². The van der Waals surface area contributed by atoms with Crippen LogP contribution in [0.25, 0.3) is 0 Å². The second-order valence-corrected chi connectivity index (χ2v) is 9.21. The van der Waals surface area contributed by atoms with Gasteiger partial charge in [-0.2, -0.15) is 0 Å². The van der Waals surface area contributed by atoms with Crippen molar-refractivity contribution in [3.8, 4) is 11.5 Å².